The summed E-state index contributed by atoms with van der Waals surface area (Å²) in [6, 6.07) is 4.37. The molecule has 11 heteroatoms. The van der Waals surface area contributed by atoms with Crippen LogP contribution in [0.15, 0.2) is 18.2 Å². The fourth-order valence-corrected chi connectivity index (χ4v) is 3.76. The van der Waals surface area contributed by atoms with Crippen molar-refractivity contribution in [1.29, 1.82) is 0 Å². The Balaban J connectivity index is 3.26. The van der Waals surface area contributed by atoms with Crippen LogP contribution in [0.2, 0.25) is 0 Å². The Labute approximate surface area is 236 Å². The van der Waals surface area contributed by atoms with Crippen LogP contribution < -0.4 is 15.2 Å². The summed E-state index contributed by atoms with van der Waals surface area (Å²) in [5, 5.41) is 0. The third-order valence-electron chi connectivity index (χ3n) is 6.34. The van der Waals surface area contributed by atoms with Crippen molar-refractivity contribution in [2.45, 2.75) is 111 Å². The number of nitrogens with two attached hydrogens (primary N) is 1. The Morgan fingerprint density at radius 3 is 1.88 bits per heavy atom. The third kappa shape index (κ3) is 11.4. The summed E-state index contributed by atoms with van der Waals surface area (Å²) in [6.07, 6.45) is -0.897. The Kier molecular flexibility index (Phi) is 14.5. The summed E-state index contributed by atoms with van der Waals surface area (Å²) in [5.41, 5.74) is 5.39. The van der Waals surface area contributed by atoms with Gasteiger partial charge in [-0.25, -0.2) is 9.59 Å². The highest BCUT2D eigenvalue weighted by Gasteiger charge is 2.38. The van der Waals surface area contributed by atoms with Gasteiger partial charge in [-0.15, -0.1) is 0 Å². The summed E-state index contributed by atoms with van der Waals surface area (Å²) in [6.45, 7) is 12.5. The molecule has 0 aliphatic heterocycles. The van der Waals surface area contributed by atoms with Gasteiger partial charge in [0.1, 0.15) is 23.9 Å². The number of ether oxygens (including phenoxy) is 6. The summed E-state index contributed by atoms with van der Waals surface area (Å²) in [5.74, 6) is -1.60. The van der Waals surface area contributed by atoms with Gasteiger partial charge < -0.3 is 34.2 Å². The zero-order chi connectivity index (χ0) is 30.5. The van der Waals surface area contributed by atoms with E-state index in [4.69, 9.17) is 34.2 Å². The van der Waals surface area contributed by atoms with E-state index >= 15 is 0 Å². The minimum absolute atomic E-state index is 0.0318. The summed E-state index contributed by atoms with van der Waals surface area (Å²) < 4.78 is 31.5. The van der Waals surface area contributed by atoms with Crippen molar-refractivity contribution in [2.75, 3.05) is 7.11 Å². The first kappa shape index (κ1) is 34.7. The first-order valence-corrected chi connectivity index (χ1v) is 13.8. The number of hydrogen-bond acceptors (Lipinski definition) is 11. The smallest absolute Gasteiger partial charge is 0.468 e. The lowest BCUT2D eigenvalue weighted by atomic mass is 9.86. The maximum Gasteiger partial charge on any atom is 0.514 e. The van der Waals surface area contributed by atoms with E-state index in [2.05, 4.69) is 0 Å². The lowest BCUT2D eigenvalue weighted by molar-refractivity contribution is -0.157. The molecule has 0 heterocycles. The lowest BCUT2D eigenvalue weighted by Crippen LogP contribution is -2.53. The molecule has 5 atom stereocenters. The molecule has 226 valence electrons. The number of carbonyl (C=O) groups is 4. The van der Waals surface area contributed by atoms with Crippen LogP contribution in [0, 0.1) is 5.92 Å². The van der Waals surface area contributed by atoms with Crippen LogP contribution in [0.25, 0.3) is 0 Å². The van der Waals surface area contributed by atoms with Gasteiger partial charge in [0, 0.05) is 12.8 Å². The number of esters is 2. The summed E-state index contributed by atoms with van der Waals surface area (Å²) >= 11 is 0. The zero-order valence-corrected chi connectivity index (χ0v) is 24.9. The molecule has 0 amide bonds. The van der Waals surface area contributed by atoms with Gasteiger partial charge in [0.15, 0.2) is 11.5 Å². The Morgan fingerprint density at radius 1 is 0.825 bits per heavy atom. The van der Waals surface area contributed by atoms with E-state index in [1.165, 1.54) is 19.2 Å². The Morgan fingerprint density at radius 2 is 1.38 bits per heavy atom. The number of benzene rings is 1. The van der Waals surface area contributed by atoms with Gasteiger partial charge in [0.2, 0.25) is 0 Å². The van der Waals surface area contributed by atoms with Gasteiger partial charge in [-0.05, 0) is 57.7 Å². The number of carbonyl (C=O) groups excluding carboxylic acids is 4. The predicted octanol–water partition coefficient (Wildman–Crippen LogP) is 5.49. The van der Waals surface area contributed by atoms with E-state index < -0.39 is 36.0 Å². The van der Waals surface area contributed by atoms with E-state index in [1.807, 2.05) is 20.8 Å². The number of hydrogen-bond donors (Lipinski definition) is 1. The average Bonchev–Trinajstić information content (AvgIpc) is 2.89. The van der Waals surface area contributed by atoms with Crippen molar-refractivity contribution < 1.29 is 47.6 Å². The van der Waals surface area contributed by atoms with Gasteiger partial charge in [-0.3, -0.25) is 9.59 Å². The van der Waals surface area contributed by atoms with Gasteiger partial charge in [-0.1, -0.05) is 40.2 Å². The molecule has 2 N–H and O–H groups in total. The van der Waals surface area contributed by atoms with Crippen molar-refractivity contribution >= 4 is 24.2 Å². The SMILES string of the molecule is CCCC(C)C(=O)O[C@@H](C)CC(N)(Cc1ccc(OC(=O)OC(C)CC)c(OC(=O)OC(C)CC)c1)C(=O)OC. The van der Waals surface area contributed by atoms with Crippen LogP contribution in [-0.2, 0) is 35.0 Å². The highest BCUT2D eigenvalue weighted by molar-refractivity contribution is 5.81. The maximum atomic E-state index is 12.8. The predicted molar refractivity (Wildman–Crippen MR) is 147 cm³/mol. The molecule has 4 unspecified atom stereocenters. The van der Waals surface area contributed by atoms with Crippen LogP contribution in [0.4, 0.5) is 9.59 Å². The molecule has 1 aromatic rings. The van der Waals surface area contributed by atoms with Crippen LogP contribution in [0.5, 0.6) is 11.5 Å². The fourth-order valence-electron chi connectivity index (χ4n) is 3.76. The standard InChI is InChI=1S/C29H45NO10/c1-9-12-18(4)25(31)36-21(7)16-29(30,26(32)35-8)17-22-13-14-23(39-27(33)37-19(5)10-2)24(15-22)40-28(34)38-20(6)11-3/h13-15,18-21H,9-12,16-17,30H2,1-8H3/t18?,19?,20?,21-,29?/m0/s1. The minimum Gasteiger partial charge on any atom is -0.468 e. The Hall–Kier alpha value is -3.34. The minimum atomic E-state index is -1.59. The van der Waals surface area contributed by atoms with Crippen molar-refractivity contribution in [3.63, 3.8) is 0 Å². The largest absolute Gasteiger partial charge is 0.514 e. The maximum absolute atomic E-state index is 12.8. The van der Waals surface area contributed by atoms with Gasteiger partial charge in [0.25, 0.3) is 0 Å². The Bertz CT molecular complexity index is 997. The van der Waals surface area contributed by atoms with E-state index in [1.54, 1.807) is 33.8 Å². The molecule has 0 saturated heterocycles. The summed E-state index contributed by atoms with van der Waals surface area (Å²) in [4.78, 5) is 49.8. The van der Waals surface area contributed by atoms with Crippen LogP contribution in [0.3, 0.4) is 0 Å². The summed E-state index contributed by atoms with van der Waals surface area (Å²) in [7, 11) is 1.21. The molecule has 0 fully saturated rings. The molecule has 0 saturated carbocycles. The first-order valence-electron chi connectivity index (χ1n) is 13.8. The van der Waals surface area contributed by atoms with E-state index in [0.29, 0.717) is 24.8 Å². The molecule has 0 aliphatic rings. The second-order valence-corrected chi connectivity index (χ2v) is 10.1. The van der Waals surface area contributed by atoms with Crippen molar-refractivity contribution in [2.24, 2.45) is 11.7 Å². The molecule has 0 radical (unpaired) electrons. The molecule has 0 aromatic heterocycles. The van der Waals surface area contributed by atoms with Crippen molar-refractivity contribution in [3.8, 4) is 11.5 Å². The van der Waals surface area contributed by atoms with Crippen molar-refractivity contribution in [1.82, 2.24) is 0 Å². The highest BCUT2D eigenvalue weighted by atomic mass is 16.7. The molecule has 40 heavy (non-hydrogen) atoms. The first-order chi connectivity index (χ1) is 18.8. The molecule has 0 aliphatic carbocycles. The molecule has 1 aromatic carbocycles. The number of rotatable bonds is 15. The monoisotopic (exact) mass is 567 g/mol. The molecular weight excluding hydrogens is 522 g/mol. The van der Waals surface area contributed by atoms with Gasteiger partial charge in [0.05, 0.1) is 13.0 Å². The third-order valence-corrected chi connectivity index (χ3v) is 6.34. The van der Waals surface area contributed by atoms with Crippen LogP contribution in [-0.4, -0.2) is 55.2 Å². The molecule has 0 bridgehead atoms. The van der Waals surface area contributed by atoms with Gasteiger partial charge >= 0.3 is 24.2 Å². The topological polar surface area (TPSA) is 150 Å². The number of methoxy groups -OCH3 is 1. The zero-order valence-electron chi connectivity index (χ0n) is 24.9. The second kappa shape index (κ2) is 16.7. The van der Waals surface area contributed by atoms with Crippen LogP contribution >= 0.6 is 0 Å². The normalized spacial score (nSPS) is 15.4. The molecule has 11 nitrogen and oxygen atoms in total. The lowest BCUT2D eigenvalue weighted by Gasteiger charge is -2.30. The van der Waals surface area contributed by atoms with Gasteiger partial charge in [-0.2, -0.15) is 0 Å². The second-order valence-electron chi connectivity index (χ2n) is 10.1. The van der Waals surface area contributed by atoms with E-state index in [0.717, 1.165) is 6.42 Å². The van der Waals surface area contributed by atoms with E-state index in [9.17, 15) is 19.2 Å². The fraction of sp³-hybridized carbons (Fsp3) is 0.655. The van der Waals surface area contributed by atoms with E-state index in [-0.39, 0.29) is 42.3 Å². The quantitative estimate of drug-likeness (QED) is 0.163. The molecule has 1 rings (SSSR count). The molecule has 0 spiro atoms. The average molecular weight is 568 g/mol. The highest BCUT2D eigenvalue weighted by Crippen LogP contribution is 2.32. The molecular formula is C29H45NO10. The van der Waals surface area contributed by atoms with Crippen LogP contribution in [0.1, 0.15) is 86.1 Å². The van der Waals surface area contributed by atoms with Crippen molar-refractivity contribution in [3.05, 3.63) is 23.8 Å².